The molecule has 0 amide bonds. The Hall–Kier alpha value is -2.73. The van der Waals surface area contributed by atoms with Gasteiger partial charge in [0.05, 0.1) is 8.07 Å². The monoisotopic (exact) mass is 520 g/mol. The van der Waals surface area contributed by atoms with Crippen LogP contribution in [0.1, 0.15) is 47.1 Å². The highest BCUT2D eigenvalue weighted by molar-refractivity contribution is 7.80. The summed E-state index contributed by atoms with van der Waals surface area (Å²) in [5.41, 5.74) is 8.75. The van der Waals surface area contributed by atoms with E-state index in [1.165, 1.54) is 32.6 Å². The SMILES string of the molecule is CC(C)[Si](/C=C/c1ccccc1-c1ccccc1P(c1ccccc1)c1ccccc1)(C(C)C)C(C)C. The van der Waals surface area contributed by atoms with Gasteiger partial charge in [-0.05, 0) is 57.1 Å². The molecule has 37 heavy (non-hydrogen) atoms. The van der Waals surface area contributed by atoms with E-state index >= 15 is 0 Å². The molecule has 0 unspecified atom stereocenters. The first-order chi connectivity index (χ1) is 17.9. The highest BCUT2D eigenvalue weighted by Gasteiger charge is 2.40. The minimum Gasteiger partial charge on any atom is -0.0928 e. The molecule has 0 aliphatic carbocycles. The molecule has 0 saturated heterocycles. The van der Waals surface area contributed by atoms with E-state index in [9.17, 15) is 0 Å². The molecule has 0 atom stereocenters. The first-order valence-electron chi connectivity index (χ1n) is 13.6. The van der Waals surface area contributed by atoms with Crippen LogP contribution in [0.25, 0.3) is 17.2 Å². The maximum atomic E-state index is 2.66. The van der Waals surface area contributed by atoms with Crippen molar-refractivity contribution in [3.63, 3.8) is 0 Å². The van der Waals surface area contributed by atoms with Crippen LogP contribution in [-0.4, -0.2) is 8.07 Å². The van der Waals surface area contributed by atoms with Crippen molar-refractivity contribution in [3.8, 4) is 11.1 Å². The molecule has 0 saturated carbocycles. The zero-order chi connectivity index (χ0) is 26.4. The van der Waals surface area contributed by atoms with Crippen molar-refractivity contribution in [2.45, 2.75) is 58.2 Å². The molecule has 0 radical (unpaired) electrons. The molecular formula is C35H41PSi. The molecular weight excluding hydrogens is 479 g/mol. The molecule has 0 bridgehead atoms. The predicted molar refractivity (Wildman–Crippen MR) is 171 cm³/mol. The van der Waals surface area contributed by atoms with Gasteiger partial charge in [0.2, 0.25) is 0 Å². The summed E-state index contributed by atoms with van der Waals surface area (Å²) < 4.78 is 0. The molecule has 0 fully saturated rings. The summed E-state index contributed by atoms with van der Waals surface area (Å²) in [6.07, 6.45) is 2.46. The van der Waals surface area contributed by atoms with Gasteiger partial charge in [-0.3, -0.25) is 0 Å². The summed E-state index contributed by atoms with van der Waals surface area (Å²) >= 11 is 0. The fourth-order valence-corrected chi connectivity index (χ4v) is 14.3. The van der Waals surface area contributed by atoms with Crippen LogP contribution in [-0.2, 0) is 0 Å². The normalized spacial score (nSPS) is 12.4. The summed E-state index contributed by atoms with van der Waals surface area (Å²) in [5.74, 6) is 0. The molecule has 2 heteroatoms. The lowest BCUT2D eigenvalue weighted by atomic mass is 10.00. The largest absolute Gasteiger partial charge is 0.0928 e. The minimum atomic E-state index is -1.65. The fourth-order valence-electron chi connectivity index (χ4n) is 6.18. The third-order valence-corrected chi connectivity index (χ3v) is 17.2. The average molecular weight is 521 g/mol. The van der Waals surface area contributed by atoms with Crippen molar-refractivity contribution in [2.75, 3.05) is 0 Å². The zero-order valence-electron chi connectivity index (χ0n) is 23.2. The Morgan fingerprint density at radius 1 is 0.514 bits per heavy atom. The van der Waals surface area contributed by atoms with Crippen LogP contribution in [0.2, 0.25) is 16.6 Å². The molecule has 4 rings (SSSR count). The maximum absolute atomic E-state index is 2.66. The van der Waals surface area contributed by atoms with Crippen LogP contribution in [0.3, 0.4) is 0 Å². The highest BCUT2D eigenvalue weighted by Crippen LogP contribution is 2.43. The zero-order valence-corrected chi connectivity index (χ0v) is 25.1. The Morgan fingerprint density at radius 2 is 0.946 bits per heavy atom. The van der Waals surface area contributed by atoms with Crippen molar-refractivity contribution in [2.24, 2.45) is 0 Å². The lowest BCUT2D eigenvalue weighted by molar-refractivity contribution is 0.834. The lowest BCUT2D eigenvalue weighted by Gasteiger charge is -2.40. The van der Waals surface area contributed by atoms with E-state index < -0.39 is 16.0 Å². The predicted octanol–water partition coefficient (Wildman–Crippen LogP) is 9.34. The molecule has 0 aromatic heterocycles. The van der Waals surface area contributed by atoms with Crippen molar-refractivity contribution in [1.29, 1.82) is 0 Å². The number of rotatable bonds is 9. The van der Waals surface area contributed by atoms with E-state index in [0.29, 0.717) is 16.6 Å². The summed E-state index contributed by atoms with van der Waals surface area (Å²) in [4.78, 5) is 0. The summed E-state index contributed by atoms with van der Waals surface area (Å²) in [6, 6.07) is 40.1. The van der Waals surface area contributed by atoms with Gasteiger partial charge in [-0.1, -0.05) is 163 Å². The van der Waals surface area contributed by atoms with Crippen molar-refractivity contribution < 1.29 is 0 Å². The Labute approximate surface area is 227 Å². The third kappa shape index (κ3) is 5.74. The third-order valence-electron chi connectivity index (χ3n) is 7.98. The Kier molecular flexibility index (Phi) is 9.01. The van der Waals surface area contributed by atoms with E-state index in [1.54, 1.807) is 0 Å². The van der Waals surface area contributed by atoms with Crippen molar-refractivity contribution >= 4 is 38.0 Å². The van der Waals surface area contributed by atoms with Gasteiger partial charge in [-0.25, -0.2) is 0 Å². The summed E-state index contributed by atoms with van der Waals surface area (Å²) in [7, 11) is -2.33. The Balaban J connectivity index is 1.88. The second kappa shape index (κ2) is 12.2. The molecule has 0 aliphatic rings. The first-order valence-corrected chi connectivity index (χ1v) is 17.3. The van der Waals surface area contributed by atoms with Crippen molar-refractivity contribution in [1.82, 2.24) is 0 Å². The van der Waals surface area contributed by atoms with Gasteiger partial charge in [-0.15, -0.1) is 0 Å². The van der Waals surface area contributed by atoms with Gasteiger partial charge in [-0.2, -0.15) is 0 Å². The standard InChI is InChI=1S/C35H41PSi/c1-27(2)37(28(3)4,29(5)6)26-25-30-17-13-14-22-33(30)34-23-15-16-24-35(34)36(31-18-9-7-10-19-31)32-20-11-8-12-21-32/h7-29H,1-6H3/b26-25+. The van der Waals surface area contributed by atoms with Gasteiger partial charge < -0.3 is 0 Å². The smallest absolute Gasteiger partial charge is 0.0853 e. The van der Waals surface area contributed by atoms with Gasteiger partial charge in [0, 0.05) is 0 Å². The topological polar surface area (TPSA) is 0 Å². The van der Waals surface area contributed by atoms with Crippen LogP contribution in [0, 0.1) is 0 Å². The molecule has 0 N–H and O–H groups in total. The minimum absolute atomic E-state index is 0.681. The van der Waals surface area contributed by atoms with E-state index in [1.807, 2.05) is 0 Å². The van der Waals surface area contributed by atoms with Gasteiger partial charge >= 0.3 is 0 Å². The van der Waals surface area contributed by atoms with Crippen LogP contribution >= 0.6 is 7.92 Å². The maximum Gasteiger partial charge on any atom is 0.0853 e. The summed E-state index contributed by atoms with van der Waals surface area (Å²) in [5, 5.41) is 4.18. The van der Waals surface area contributed by atoms with E-state index in [-0.39, 0.29) is 0 Å². The molecule has 4 aromatic carbocycles. The van der Waals surface area contributed by atoms with Crippen LogP contribution < -0.4 is 15.9 Å². The second-order valence-corrected chi connectivity index (χ2v) is 18.9. The van der Waals surface area contributed by atoms with Gasteiger partial charge in [0.25, 0.3) is 0 Å². The second-order valence-electron chi connectivity index (χ2n) is 10.9. The summed E-state index contributed by atoms with van der Waals surface area (Å²) in [6.45, 7) is 14.6. The molecule has 0 spiro atoms. The quantitative estimate of drug-likeness (QED) is 0.152. The van der Waals surface area contributed by atoms with Crippen LogP contribution in [0.4, 0.5) is 0 Å². The highest BCUT2D eigenvalue weighted by atomic mass is 31.1. The Morgan fingerprint density at radius 3 is 1.46 bits per heavy atom. The number of hydrogen-bond donors (Lipinski definition) is 0. The van der Waals surface area contributed by atoms with E-state index in [2.05, 4.69) is 163 Å². The van der Waals surface area contributed by atoms with E-state index in [4.69, 9.17) is 0 Å². The molecule has 0 aliphatic heterocycles. The van der Waals surface area contributed by atoms with Crippen molar-refractivity contribution in [3.05, 3.63) is 120 Å². The molecule has 4 aromatic rings. The van der Waals surface area contributed by atoms with Crippen LogP contribution in [0.5, 0.6) is 0 Å². The molecule has 190 valence electrons. The first kappa shape index (κ1) is 27.3. The lowest BCUT2D eigenvalue weighted by Crippen LogP contribution is -2.42. The van der Waals surface area contributed by atoms with Crippen LogP contribution in [0.15, 0.2) is 115 Å². The fraction of sp³-hybridized carbons (Fsp3) is 0.257. The average Bonchev–Trinajstić information content (AvgIpc) is 2.90. The number of benzene rings is 4. The number of hydrogen-bond acceptors (Lipinski definition) is 0. The van der Waals surface area contributed by atoms with Gasteiger partial charge in [0.15, 0.2) is 0 Å². The Bertz CT molecular complexity index is 1240. The molecule has 0 nitrogen and oxygen atoms in total. The van der Waals surface area contributed by atoms with E-state index in [0.717, 1.165) is 0 Å². The molecule has 0 heterocycles. The van der Waals surface area contributed by atoms with Gasteiger partial charge in [0.1, 0.15) is 0 Å².